The van der Waals surface area contributed by atoms with Gasteiger partial charge >= 0.3 is 0 Å². The van der Waals surface area contributed by atoms with E-state index < -0.39 is 0 Å². The number of hydrogen-bond donors (Lipinski definition) is 2. The lowest BCUT2D eigenvalue weighted by atomic mass is 9.96. The average molecular weight is 452 g/mol. The van der Waals surface area contributed by atoms with Crippen LogP contribution in [0.1, 0.15) is 37.7 Å². The molecule has 0 aliphatic heterocycles. The van der Waals surface area contributed by atoms with Gasteiger partial charge in [0.15, 0.2) is 5.96 Å². The lowest BCUT2D eigenvalue weighted by molar-refractivity contribution is 0.410. The number of guanidine groups is 1. The van der Waals surface area contributed by atoms with Crippen LogP contribution < -0.4 is 10.6 Å². The van der Waals surface area contributed by atoms with Crippen molar-refractivity contribution in [2.75, 3.05) is 7.05 Å². The van der Waals surface area contributed by atoms with Crippen molar-refractivity contribution >= 4 is 45.9 Å². The number of nitrogens with one attached hydrogen (secondary N) is 2. The van der Waals surface area contributed by atoms with Crippen molar-refractivity contribution < 1.29 is 0 Å². The van der Waals surface area contributed by atoms with Gasteiger partial charge in [-0.2, -0.15) is 0 Å². The molecule has 1 aromatic carbocycles. The first-order chi connectivity index (χ1) is 9.28. The van der Waals surface area contributed by atoms with Crippen molar-refractivity contribution in [2.24, 2.45) is 4.99 Å². The SMILES string of the molecule is CN=C(NCc1cccc(Br)c1)NC1CCCCC1.I. The number of aliphatic imine (C=N–C) groups is 1. The van der Waals surface area contributed by atoms with Crippen molar-refractivity contribution in [3.8, 4) is 0 Å². The summed E-state index contributed by atoms with van der Waals surface area (Å²) in [6.07, 6.45) is 6.57. The van der Waals surface area contributed by atoms with Crippen molar-refractivity contribution in [1.82, 2.24) is 10.6 Å². The van der Waals surface area contributed by atoms with Crippen LogP contribution in [-0.2, 0) is 6.54 Å². The van der Waals surface area contributed by atoms with Crippen LogP contribution in [0.2, 0.25) is 0 Å². The summed E-state index contributed by atoms with van der Waals surface area (Å²) in [6, 6.07) is 8.92. The van der Waals surface area contributed by atoms with Crippen LogP contribution in [0, 0.1) is 0 Å². The first kappa shape index (κ1) is 17.8. The van der Waals surface area contributed by atoms with E-state index in [1.54, 1.807) is 0 Å². The molecule has 1 aromatic rings. The standard InChI is InChI=1S/C15H22BrN3.HI/c1-17-15(19-14-8-3-2-4-9-14)18-11-12-6-5-7-13(16)10-12;/h5-7,10,14H,2-4,8-9,11H2,1H3,(H2,17,18,19);1H. The molecule has 2 rings (SSSR count). The second-order valence-electron chi connectivity index (χ2n) is 5.03. The predicted octanol–water partition coefficient (Wildman–Crippen LogP) is 4.06. The normalized spacial score (nSPS) is 16.4. The van der Waals surface area contributed by atoms with E-state index in [1.807, 2.05) is 13.1 Å². The number of halogens is 2. The van der Waals surface area contributed by atoms with Gasteiger partial charge in [-0.15, -0.1) is 24.0 Å². The summed E-state index contributed by atoms with van der Waals surface area (Å²) < 4.78 is 1.11. The zero-order valence-corrected chi connectivity index (χ0v) is 15.8. The summed E-state index contributed by atoms with van der Waals surface area (Å²) in [5, 5.41) is 6.90. The molecule has 1 aliphatic rings. The highest BCUT2D eigenvalue weighted by Gasteiger charge is 2.14. The minimum absolute atomic E-state index is 0. The zero-order chi connectivity index (χ0) is 13.5. The number of hydrogen-bond acceptors (Lipinski definition) is 1. The van der Waals surface area contributed by atoms with Crippen LogP contribution in [0.15, 0.2) is 33.7 Å². The van der Waals surface area contributed by atoms with Crippen LogP contribution in [-0.4, -0.2) is 19.0 Å². The topological polar surface area (TPSA) is 36.4 Å². The Labute approximate surface area is 147 Å². The predicted molar refractivity (Wildman–Crippen MR) is 99.8 cm³/mol. The van der Waals surface area contributed by atoms with Gasteiger partial charge in [0.25, 0.3) is 0 Å². The molecule has 3 nitrogen and oxygen atoms in total. The Morgan fingerprint density at radius 1 is 1.30 bits per heavy atom. The van der Waals surface area contributed by atoms with E-state index in [9.17, 15) is 0 Å². The first-order valence-corrected chi connectivity index (χ1v) is 7.79. The van der Waals surface area contributed by atoms with Crippen molar-refractivity contribution in [3.05, 3.63) is 34.3 Å². The lowest BCUT2D eigenvalue weighted by Crippen LogP contribution is -2.43. The largest absolute Gasteiger partial charge is 0.354 e. The van der Waals surface area contributed by atoms with E-state index >= 15 is 0 Å². The van der Waals surface area contributed by atoms with E-state index in [1.165, 1.54) is 37.7 Å². The third kappa shape index (κ3) is 5.99. The Balaban J connectivity index is 0.00000200. The monoisotopic (exact) mass is 451 g/mol. The molecule has 0 amide bonds. The molecule has 0 spiro atoms. The highest BCUT2D eigenvalue weighted by atomic mass is 127. The molecule has 1 aliphatic carbocycles. The molecule has 5 heteroatoms. The minimum Gasteiger partial charge on any atom is -0.354 e. The molecule has 0 aromatic heterocycles. The molecule has 0 saturated heterocycles. The molecular formula is C15H23BrIN3. The van der Waals surface area contributed by atoms with Gasteiger partial charge in [-0.1, -0.05) is 47.3 Å². The Morgan fingerprint density at radius 2 is 2.05 bits per heavy atom. The fourth-order valence-corrected chi connectivity index (χ4v) is 2.91. The molecule has 0 bridgehead atoms. The van der Waals surface area contributed by atoms with Gasteiger partial charge in [0, 0.05) is 24.1 Å². The Hall–Kier alpha value is -0.300. The summed E-state index contributed by atoms with van der Waals surface area (Å²) in [6.45, 7) is 0.797. The fourth-order valence-electron chi connectivity index (χ4n) is 2.47. The van der Waals surface area contributed by atoms with Crippen LogP contribution >= 0.6 is 39.9 Å². The summed E-state index contributed by atoms with van der Waals surface area (Å²) in [5.41, 5.74) is 1.25. The average Bonchev–Trinajstić information content (AvgIpc) is 2.44. The fraction of sp³-hybridized carbons (Fsp3) is 0.533. The number of nitrogens with zero attached hydrogens (tertiary/aromatic N) is 1. The van der Waals surface area contributed by atoms with E-state index in [-0.39, 0.29) is 24.0 Å². The second-order valence-corrected chi connectivity index (χ2v) is 5.95. The molecule has 0 atom stereocenters. The summed E-state index contributed by atoms with van der Waals surface area (Å²) in [7, 11) is 1.83. The molecule has 0 unspecified atom stereocenters. The quantitative estimate of drug-likeness (QED) is 0.413. The van der Waals surface area contributed by atoms with Crippen LogP contribution in [0.3, 0.4) is 0 Å². The van der Waals surface area contributed by atoms with Crippen LogP contribution in [0.5, 0.6) is 0 Å². The van der Waals surface area contributed by atoms with E-state index in [0.717, 1.165) is 17.0 Å². The van der Waals surface area contributed by atoms with Crippen molar-refractivity contribution in [2.45, 2.75) is 44.7 Å². The maximum atomic E-state index is 4.30. The van der Waals surface area contributed by atoms with Gasteiger partial charge in [0.2, 0.25) is 0 Å². The Bertz CT molecular complexity index is 431. The van der Waals surface area contributed by atoms with Gasteiger partial charge < -0.3 is 10.6 Å². The second kappa shape index (κ2) is 9.60. The highest BCUT2D eigenvalue weighted by Crippen LogP contribution is 2.17. The highest BCUT2D eigenvalue weighted by molar-refractivity contribution is 14.0. The van der Waals surface area contributed by atoms with Crippen LogP contribution in [0.25, 0.3) is 0 Å². The zero-order valence-electron chi connectivity index (χ0n) is 11.9. The minimum atomic E-state index is 0. The third-order valence-corrected chi connectivity index (χ3v) is 4.01. The molecule has 2 N–H and O–H groups in total. The summed E-state index contributed by atoms with van der Waals surface area (Å²) in [4.78, 5) is 4.30. The van der Waals surface area contributed by atoms with Gasteiger partial charge in [0.05, 0.1) is 0 Å². The van der Waals surface area contributed by atoms with E-state index in [4.69, 9.17) is 0 Å². The van der Waals surface area contributed by atoms with Crippen molar-refractivity contribution in [3.63, 3.8) is 0 Å². The maximum absolute atomic E-state index is 4.30. The molecule has 0 heterocycles. The van der Waals surface area contributed by atoms with Gasteiger partial charge in [-0.3, -0.25) is 4.99 Å². The van der Waals surface area contributed by atoms with Gasteiger partial charge in [-0.05, 0) is 30.5 Å². The maximum Gasteiger partial charge on any atom is 0.191 e. The smallest absolute Gasteiger partial charge is 0.191 e. The van der Waals surface area contributed by atoms with E-state index in [0.29, 0.717) is 6.04 Å². The van der Waals surface area contributed by atoms with Gasteiger partial charge in [0.1, 0.15) is 0 Å². The Morgan fingerprint density at radius 3 is 2.70 bits per heavy atom. The van der Waals surface area contributed by atoms with Gasteiger partial charge in [-0.25, -0.2) is 0 Å². The molecule has 0 radical (unpaired) electrons. The first-order valence-electron chi connectivity index (χ1n) is 6.99. The summed E-state index contributed by atoms with van der Waals surface area (Å²) in [5.74, 6) is 0.909. The number of rotatable bonds is 3. The summed E-state index contributed by atoms with van der Waals surface area (Å²) >= 11 is 3.49. The molecule has 112 valence electrons. The van der Waals surface area contributed by atoms with Crippen LogP contribution in [0.4, 0.5) is 0 Å². The lowest BCUT2D eigenvalue weighted by Gasteiger charge is -2.24. The molecule has 1 saturated carbocycles. The third-order valence-electron chi connectivity index (χ3n) is 3.52. The number of benzene rings is 1. The molecular weight excluding hydrogens is 429 g/mol. The Kier molecular flexibility index (Phi) is 8.52. The molecule has 1 fully saturated rings. The van der Waals surface area contributed by atoms with Crippen molar-refractivity contribution in [1.29, 1.82) is 0 Å². The molecule has 20 heavy (non-hydrogen) atoms. The van der Waals surface area contributed by atoms with E-state index in [2.05, 4.69) is 49.8 Å².